The molecule has 0 aliphatic rings. The van der Waals surface area contributed by atoms with Gasteiger partial charge in [-0.2, -0.15) is 0 Å². The van der Waals surface area contributed by atoms with Gasteiger partial charge in [-0.3, -0.25) is 0 Å². The van der Waals surface area contributed by atoms with Gasteiger partial charge in [0.15, 0.2) is 0 Å². The van der Waals surface area contributed by atoms with Crippen LogP contribution in [-0.4, -0.2) is 24.8 Å². The van der Waals surface area contributed by atoms with Crippen LogP contribution in [0.2, 0.25) is 0 Å². The SMILES string of the molecule is COCCNCc1cccn1Cc1cc(Br)cs1. The fourth-order valence-electron chi connectivity index (χ4n) is 1.76. The number of rotatable bonds is 7. The number of hydrogen-bond acceptors (Lipinski definition) is 3. The molecule has 0 unspecified atom stereocenters. The standard InChI is InChI=1S/C13H17BrN2OS/c1-17-6-4-15-8-12-3-2-5-16(12)9-13-7-11(14)10-18-13/h2-3,5,7,10,15H,4,6,8-9H2,1H3. The molecule has 5 heteroatoms. The molecule has 0 saturated heterocycles. The Morgan fingerprint density at radius 3 is 3.11 bits per heavy atom. The predicted molar refractivity (Wildman–Crippen MR) is 79.1 cm³/mol. The van der Waals surface area contributed by atoms with Crippen LogP contribution >= 0.6 is 27.3 Å². The summed E-state index contributed by atoms with van der Waals surface area (Å²) in [7, 11) is 1.72. The van der Waals surface area contributed by atoms with E-state index in [4.69, 9.17) is 4.74 Å². The molecule has 0 radical (unpaired) electrons. The van der Waals surface area contributed by atoms with Crippen molar-refractivity contribution in [2.45, 2.75) is 13.1 Å². The number of methoxy groups -OCH3 is 1. The topological polar surface area (TPSA) is 26.2 Å². The van der Waals surface area contributed by atoms with Crippen molar-refractivity contribution in [1.29, 1.82) is 0 Å². The van der Waals surface area contributed by atoms with Crippen LogP contribution in [0.4, 0.5) is 0 Å². The van der Waals surface area contributed by atoms with E-state index in [1.807, 2.05) is 0 Å². The Balaban J connectivity index is 1.91. The first-order valence-corrected chi connectivity index (χ1v) is 7.53. The van der Waals surface area contributed by atoms with Gasteiger partial charge in [0.05, 0.1) is 13.2 Å². The van der Waals surface area contributed by atoms with Gasteiger partial charge in [-0.15, -0.1) is 11.3 Å². The Kier molecular flexibility index (Phi) is 5.44. The largest absolute Gasteiger partial charge is 0.383 e. The van der Waals surface area contributed by atoms with Gasteiger partial charge in [0.25, 0.3) is 0 Å². The van der Waals surface area contributed by atoms with Crippen LogP contribution in [-0.2, 0) is 17.8 Å². The van der Waals surface area contributed by atoms with Crippen LogP contribution < -0.4 is 5.32 Å². The van der Waals surface area contributed by atoms with E-state index in [9.17, 15) is 0 Å². The maximum Gasteiger partial charge on any atom is 0.0587 e. The van der Waals surface area contributed by atoms with E-state index in [1.54, 1.807) is 18.4 Å². The Morgan fingerprint density at radius 2 is 2.39 bits per heavy atom. The first-order valence-electron chi connectivity index (χ1n) is 5.86. The molecule has 2 aromatic rings. The molecule has 0 fully saturated rings. The molecule has 3 nitrogen and oxygen atoms in total. The molecular weight excluding hydrogens is 312 g/mol. The third-order valence-electron chi connectivity index (χ3n) is 2.66. The zero-order valence-electron chi connectivity index (χ0n) is 10.4. The number of ether oxygens (including phenoxy) is 1. The Labute approximate surface area is 120 Å². The summed E-state index contributed by atoms with van der Waals surface area (Å²) in [5.74, 6) is 0. The van der Waals surface area contributed by atoms with E-state index in [0.717, 1.165) is 30.7 Å². The third kappa shape index (κ3) is 3.95. The molecule has 18 heavy (non-hydrogen) atoms. The monoisotopic (exact) mass is 328 g/mol. The van der Waals surface area contributed by atoms with Crippen LogP contribution in [0.15, 0.2) is 34.2 Å². The maximum atomic E-state index is 5.02. The van der Waals surface area contributed by atoms with Crippen LogP contribution in [0.5, 0.6) is 0 Å². The number of hydrogen-bond donors (Lipinski definition) is 1. The molecule has 0 atom stereocenters. The minimum atomic E-state index is 0.749. The zero-order chi connectivity index (χ0) is 12.8. The molecule has 2 heterocycles. The van der Waals surface area contributed by atoms with E-state index < -0.39 is 0 Å². The van der Waals surface area contributed by atoms with Gasteiger partial charge in [0.1, 0.15) is 0 Å². The quantitative estimate of drug-likeness (QED) is 0.790. The highest BCUT2D eigenvalue weighted by molar-refractivity contribution is 9.10. The van der Waals surface area contributed by atoms with Crippen molar-refractivity contribution in [3.05, 3.63) is 44.8 Å². The molecule has 1 N–H and O–H groups in total. The van der Waals surface area contributed by atoms with Crippen molar-refractivity contribution in [2.75, 3.05) is 20.3 Å². The number of thiophene rings is 1. The highest BCUT2D eigenvalue weighted by atomic mass is 79.9. The normalized spacial score (nSPS) is 11.0. The van der Waals surface area contributed by atoms with E-state index in [1.165, 1.54) is 10.6 Å². The van der Waals surface area contributed by atoms with Gasteiger partial charge >= 0.3 is 0 Å². The molecule has 0 bridgehead atoms. The van der Waals surface area contributed by atoms with E-state index in [2.05, 4.69) is 55.6 Å². The second-order valence-corrected chi connectivity index (χ2v) is 5.94. The fraction of sp³-hybridized carbons (Fsp3) is 0.385. The van der Waals surface area contributed by atoms with Gasteiger partial charge in [-0.1, -0.05) is 0 Å². The first kappa shape index (κ1) is 13.8. The average molecular weight is 329 g/mol. The summed E-state index contributed by atoms with van der Waals surface area (Å²) in [5, 5.41) is 5.49. The highest BCUT2D eigenvalue weighted by Crippen LogP contribution is 2.21. The third-order valence-corrected chi connectivity index (χ3v) is 4.34. The summed E-state index contributed by atoms with van der Waals surface area (Å²) in [5.41, 5.74) is 1.30. The minimum Gasteiger partial charge on any atom is -0.383 e. The van der Waals surface area contributed by atoms with E-state index in [0.29, 0.717) is 0 Å². The summed E-state index contributed by atoms with van der Waals surface area (Å²) in [4.78, 5) is 1.36. The zero-order valence-corrected chi connectivity index (χ0v) is 12.8. The van der Waals surface area contributed by atoms with Crippen LogP contribution in [0.25, 0.3) is 0 Å². The number of halogens is 1. The van der Waals surface area contributed by atoms with Crippen molar-refractivity contribution in [1.82, 2.24) is 9.88 Å². The van der Waals surface area contributed by atoms with Gasteiger partial charge in [0.2, 0.25) is 0 Å². The summed E-state index contributed by atoms with van der Waals surface area (Å²) in [6, 6.07) is 6.42. The molecule has 2 rings (SSSR count). The van der Waals surface area contributed by atoms with Gasteiger partial charge < -0.3 is 14.6 Å². The lowest BCUT2D eigenvalue weighted by atomic mass is 10.4. The first-order chi connectivity index (χ1) is 8.79. The van der Waals surface area contributed by atoms with Crippen molar-refractivity contribution in [2.24, 2.45) is 0 Å². The second kappa shape index (κ2) is 7.09. The van der Waals surface area contributed by atoms with Crippen LogP contribution in [0.3, 0.4) is 0 Å². The molecule has 0 aromatic carbocycles. The summed E-state index contributed by atoms with van der Waals surface area (Å²) < 4.78 is 8.45. The summed E-state index contributed by atoms with van der Waals surface area (Å²) >= 11 is 5.27. The average Bonchev–Trinajstić information content (AvgIpc) is 2.95. The molecule has 2 aromatic heterocycles. The molecule has 0 saturated carbocycles. The fourth-order valence-corrected chi connectivity index (χ4v) is 3.21. The highest BCUT2D eigenvalue weighted by Gasteiger charge is 2.03. The maximum absolute atomic E-state index is 5.02. The van der Waals surface area contributed by atoms with Crippen LogP contribution in [0.1, 0.15) is 10.6 Å². The predicted octanol–water partition coefficient (Wildman–Crippen LogP) is 3.10. The summed E-state index contributed by atoms with van der Waals surface area (Å²) in [6.07, 6.45) is 2.13. The Bertz CT molecular complexity index is 481. The van der Waals surface area contributed by atoms with Gasteiger partial charge in [-0.25, -0.2) is 0 Å². The smallest absolute Gasteiger partial charge is 0.0587 e. The van der Waals surface area contributed by atoms with Gasteiger partial charge in [-0.05, 0) is 34.1 Å². The lowest BCUT2D eigenvalue weighted by Crippen LogP contribution is -2.20. The number of aromatic nitrogens is 1. The molecule has 0 aliphatic carbocycles. The van der Waals surface area contributed by atoms with Crippen LogP contribution in [0, 0.1) is 0 Å². The van der Waals surface area contributed by atoms with Crippen molar-refractivity contribution >= 4 is 27.3 Å². The van der Waals surface area contributed by atoms with Crippen molar-refractivity contribution in [3.63, 3.8) is 0 Å². The molecule has 0 amide bonds. The van der Waals surface area contributed by atoms with Crippen molar-refractivity contribution in [3.8, 4) is 0 Å². The van der Waals surface area contributed by atoms with Gasteiger partial charge in [0, 0.05) is 46.8 Å². The number of nitrogens with zero attached hydrogens (tertiary/aromatic N) is 1. The van der Waals surface area contributed by atoms with E-state index >= 15 is 0 Å². The minimum absolute atomic E-state index is 0.749. The molecule has 0 spiro atoms. The Morgan fingerprint density at radius 1 is 1.50 bits per heavy atom. The Hall–Kier alpha value is -0.620. The van der Waals surface area contributed by atoms with E-state index in [-0.39, 0.29) is 0 Å². The lowest BCUT2D eigenvalue weighted by molar-refractivity contribution is 0.199. The van der Waals surface area contributed by atoms with Crippen molar-refractivity contribution < 1.29 is 4.74 Å². The second-order valence-electron chi connectivity index (χ2n) is 4.03. The number of nitrogens with one attached hydrogen (secondary N) is 1. The molecule has 98 valence electrons. The summed E-state index contributed by atoms with van der Waals surface area (Å²) in [6.45, 7) is 3.44. The molecule has 0 aliphatic heterocycles. The molecular formula is C13H17BrN2OS. The lowest BCUT2D eigenvalue weighted by Gasteiger charge is -2.09.